The maximum absolute atomic E-state index is 12.5. The van der Waals surface area contributed by atoms with Gasteiger partial charge in [-0.05, 0) is 55.3 Å². The van der Waals surface area contributed by atoms with Crippen LogP contribution in [0.3, 0.4) is 0 Å². The topological polar surface area (TPSA) is 93.2 Å². The smallest absolute Gasteiger partial charge is 0.339 e. The number of anilines is 3. The van der Waals surface area contributed by atoms with Gasteiger partial charge in [-0.25, -0.2) is 4.79 Å². The molecule has 1 amide bonds. The Morgan fingerprint density at radius 1 is 0.893 bits per heavy atom. The van der Waals surface area contributed by atoms with Crippen molar-refractivity contribution < 1.29 is 14.3 Å². The normalized spacial score (nSPS) is 10.2. The molecule has 3 aromatic rings. The first-order valence-corrected chi connectivity index (χ1v) is 8.65. The molecule has 1 aromatic heterocycles. The molecule has 0 atom stereocenters. The van der Waals surface area contributed by atoms with Gasteiger partial charge in [0.05, 0.1) is 18.4 Å². The highest BCUT2D eigenvalue weighted by Crippen LogP contribution is 2.21. The van der Waals surface area contributed by atoms with Gasteiger partial charge in [0.25, 0.3) is 5.91 Å². The summed E-state index contributed by atoms with van der Waals surface area (Å²) >= 11 is 0. The van der Waals surface area contributed by atoms with Gasteiger partial charge in [0.15, 0.2) is 11.5 Å². The van der Waals surface area contributed by atoms with Gasteiger partial charge >= 0.3 is 5.97 Å². The number of ether oxygens (including phenoxy) is 1. The third kappa shape index (κ3) is 4.15. The third-order valence-electron chi connectivity index (χ3n) is 4.35. The number of aromatic nitrogens is 2. The van der Waals surface area contributed by atoms with Gasteiger partial charge in [0.2, 0.25) is 0 Å². The van der Waals surface area contributed by atoms with Crippen molar-refractivity contribution >= 4 is 29.1 Å². The van der Waals surface area contributed by atoms with E-state index < -0.39 is 11.9 Å². The molecule has 7 nitrogen and oxygen atoms in total. The van der Waals surface area contributed by atoms with Crippen LogP contribution in [0.25, 0.3) is 0 Å². The van der Waals surface area contributed by atoms with E-state index in [2.05, 4.69) is 20.8 Å². The van der Waals surface area contributed by atoms with Crippen molar-refractivity contribution in [3.05, 3.63) is 77.0 Å². The van der Waals surface area contributed by atoms with Crippen molar-refractivity contribution in [3.63, 3.8) is 0 Å². The fourth-order valence-electron chi connectivity index (χ4n) is 2.61. The van der Waals surface area contributed by atoms with E-state index in [0.717, 1.165) is 11.3 Å². The Balaban J connectivity index is 1.74. The van der Waals surface area contributed by atoms with E-state index in [0.29, 0.717) is 11.5 Å². The second kappa shape index (κ2) is 8.30. The van der Waals surface area contributed by atoms with Crippen molar-refractivity contribution in [2.45, 2.75) is 13.8 Å². The molecule has 0 unspecified atom stereocenters. The van der Waals surface area contributed by atoms with E-state index in [4.69, 9.17) is 4.74 Å². The fraction of sp³-hybridized carbons (Fsp3) is 0.143. The number of hydrogen-bond acceptors (Lipinski definition) is 6. The van der Waals surface area contributed by atoms with Gasteiger partial charge in [-0.2, -0.15) is 0 Å². The number of hydrogen-bond donors (Lipinski definition) is 2. The molecule has 0 aliphatic heterocycles. The van der Waals surface area contributed by atoms with Crippen LogP contribution < -0.4 is 10.6 Å². The second-order valence-electron chi connectivity index (χ2n) is 6.17. The lowest BCUT2D eigenvalue weighted by atomic mass is 10.1. The van der Waals surface area contributed by atoms with Gasteiger partial charge in [-0.3, -0.25) is 4.79 Å². The highest BCUT2D eigenvalue weighted by Gasteiger charge is 2.15. The van der Waals surface area contributed by atoms with Crippen LogP contribution in [-0.4, -0.2) is 29.2 Å². The monoisotopic (exact) mass is 376 g/mol. The molecule has 0 radical (unpaired) electrons. The number of carbonyl (C=O) groups excluding carboxylic acids is 2. The van der Waals surface area contributed by atoms with E-state index in [-0.39, 0.29) is 11.3 Å². The number of nitrogens with zero attached hydrogens (tertiary/aromatic N) is 2. The number of esters is 1. The highest BCUT2D eigenvalue weighted by molar-refractivity contribution is 6.07. The minimum absolute atomic E-state index is 0.131. The quantitative estimate of drug-likeness (QED) is 0.657. The predicted molar refractivity (Wildman–Crippen MR) is 107 cm³/mol. The standard InChI is InChI=1S/C21H20N4O3/c1-13-7-6-10-16(14(13)2)22-19-12-11-18(24-25-19)20(26)23-17-9-5-4-8-15(17)21(27)28-3/h4-12H,1-3H3,(H,22,25)(H,23,26). The SMILES string of the molecule is COC(=O)c1ccccc1NC(=O)c1ccc(Nc2cccc(C)c2C)nn1. The van der Waals surface area contributed by atoms with Crippen LogP contribution in [-0.2, 0) is 4.74 Å². The molecule has 142 valence electrons. The summed E-state index contributed by atoms with van der Waals surface area (Å²) in [7, 11) is 1.29. The Kier molecular flexibility index (Phi) is 5.64. The number of nitrogens with one attached hydrogen (secondary N) is 2. The van der Waals surface area contributed by atoms with E-state index in [1.165, 1.54) is 12.7 Å². The second-order valence-corrected chi connectivity index (χ2v) is 6.17. The zero-order chi connectivity index (χ0) is 20.1. The largest absolute Gasteiger partial charge is 0.465 e. The number of benzene rings is 2. The lowest BCUT2D eigenvalue weighted by Crippen LogP contribution is -2.17. The molecule has 2 N–H and O–H groups in total. The average molecular weight is 376 g/mol. The Morgan fingerprint density at radius 2 is 1.64 bits per heavy atom. The van der Waals surface area contributed by atoms with Crippen molar-refractivity contribution in [3.8, 4) is 0 Å². The highest BCUT2D eigenvalue weighted by atomic mass is 16.5. The molecule has 0 aliphatic rings. The first-order chi connectivity index (χ1) is 13.5. The van der Waals surface area contributed by atoms with Crippen LogP contribution >= 0.6 is 0 Å². The van der Waals surface area contributed by atoms with Gasteiger partial charge in [-0.1, -0.05) is 24.3 Å². The zero-order valence-electron chi connectivity index (χ0n) is 15.8. The minimum atomic E-state index is -0.532. The first-order valence-electron chi connectivity index (χ1n) is 8.65. The molecule has 0 fully saturated rings. The zero-order valence-corrected chi connectivity index (χ0v) is 15.8. The summed E-state index contributed by atoms with van der Waals surface area (Å²) in [5.41, 5.74) is 3.95. The molecular formula is C21H20N4O3. The summed E-state index contributed by atoms with van der Waals surface area (Å²) in [6.45, 7) is 4.05. The van der Waals surface area contributed by atoms with Crippen molar-refractivity contribution in [1.82, 2.24) is 10.2 Å². The summed E-state index contributed by atoms with van der Waals surface area (Å²) in [6, 6.07) is 15.8. The van der Waals surface area contributed by atoms with Crippen LogP contribution in [0, 0.1) is 13.8 Å². The minimum Gasteiger partial charge on any atom is -0.465 e. The predicted octanol–water partition coefficient (Wildman–Crippen LogP) is 3.88. The number of para-hydroxylation sites is 1. The molecule has 28 heavy (non-hydrogen) atoms. The Bertz CT molecular complexity index is 1020. The van der Waals surface area contributed by atoms with Gasteiger partial charge < -0.3 is 15.4 Å². The Labute approximate surface area is 162 Å². The van der Waals surface area contributed by atoms with E-state index in [1.54, 1.807) is 36.4 Å². The van der Waals surface area contributed by atoms with Crippen LogP contribution in [0.4, 0.5) is 17.2 Å². The van der Waals surface area contributed by atoms with Gasteiger partial charge in [0, 0.05) is 5.69 Å². The van der Waals surface area contributed by atoms with Crippen molar-refractivity contribution in [2.75, 3.05) is 17.7 Å². The van der Waals surface area contributed by atoms with Crippen LogP contribution in [0.15, 0.2) is 54.6 Å². The van der Waals surface area contributed by atoms with Gasteiger partial charge in [0.1, 0.15) is 0 Å². The fourth-order valence-corrected chi connectivity index (χ4v) is 2.61. The van der Waals surface area contributed by atoms with E-state index in [1.807, 2.05) is 32.0 Å². The van der Waals surface area contributed by atoms with Crippen molar-refractivity contribution in [1.29, 1.82) is 0 Å². The number of aryl methyl sites for hydroxylation is 1. The summed E-state index contributed by atoms with van der Waals surface area (Å²) in [4.78, 5) is 24.3. The maximum atomic E-state index is 12.5. The van der Waals surface area contributed by atoms with Crippen LogP contribution in [0.1, 0.15) is 32.0 Å². The van der Waals surface area contributed by atoms with E-state index in [9.17, 15) is 9.59 Å². The molecular weight excluding hydrogens is 356 g/mol. The number of methoxy groups -OCH3 is 1. The lowest BCUT2D eigenvalue weighted by molar-refractivity contribution is 0.0602. The molecule has 0 spiro atoms. The number of carbonyl (C=O) groups is 2. The van der Waals surface area contributed by atoms with Gasteiger partial charge in [-0.15, -0.1) is 10.2 Å². The van der Waals surface area contributed by atoms with Crippen LogP contribution in [0.2, 0.25) is 0 Å². The molecule has 2 aromatic carbocycles. The van der Waals surface area contributed by atoms with Crippen LogP contribution in [0.5, 0.6) is 0 Å². The Hall–Kier alpha value is -3.74. The van der Waals surface area contributed by atoms with Crippen molar-refractivity contribution in [2.24, 2.45) is 0 Å². The molecule has 0 bridgehead atoms. The molecule has 0 saturated carbocycles. The average Bonchev–Trinajstić information content (AvgIpc) is 2.71. The third-order valence-corrected chi connectivity index (χ3v) is 4.35. The molecule has 3 rings (SSSR count). The summed E-state index contributed by atoms with van der Waals surface area (Å²) in [6.07, 6.45) is 0. The molecule has 7 heteroatoms. The summed E-state index contributed by atoms with van der Waals surface area (Å²) in [5, 5.41) is 13.9. The lowest BCUT2D eigenvalue weighted by Gasteiger charge is -2.11. The van der Waals surface area contributed by atoms with E-state index >= 15 is 0 Å². The Morgan fingerprint density at radius 3 is 2.36 bits per heavy atom. The number of rotatable bonds is 5. The number of amides is 1. The summed E-state index contributed by atoms with van der Waals surface area (Å²) < 4.78 is 4.73. The first kappa shape index (κ1) is 19.0. The molecule has 1 heterocycles. The molecule has 0 saturated heterocycles. The summed E-state index contributed by atoms with van der Waals surface area (Å²) in [5.74, 6) is -0.475. The molecule has 0 aliphatic carbocycles. The maximum Gasteiger partial charge on any atom is 0.339 e.